The molecule has 0 aromatic rings. The fraction of sp³-hybridized carbons (Fsp3) is 0.600. The fourth-order valence-corrected chi connectivity index (χ4v) is 0.320. The molecule has 0 aliphatic heterocycles. The van der Waals surface area contributed by atoms with Crippen LogP contribution in [0.4, 0.5) is 0 Å². The smallest absolute Gasteiger partial charge is 0.370 e. The summed E-state index contributed by atoms with van der Waals surface area (Å²) in [6, 6.07) is 0. The Balaban J connectivity index is 0. The van der Waals surface area contributed by atoms with Crippen LogP contribution in [0.25, 0.3) is 0 Å². The SMILES string of the molecule is [CH2-]CCCN=C(N)N.[Y+3]. The Labute approximate surface area is 81.2 Å². The van der Waals surface area contributed by atoms with Crippen molar-refractivity contribution in [2.45, 2.75) is 12.8 Å². The van der Waals surface area contributed by atoms with Crippen LogP contribution in [0.5, 0.6) is 0 Å². The van der Waals surface area contributed by atoms with E-state index in [0.29, 0.717) is 6.54 Å². The van der Waals surface area contributed by atoms with E-state index in [1.807, 2.05) is 0 Å². The zero-order chi connectivity index (χ0) is 6.41. The summed E-state index contributed by atoms with van der Waals surface area (Å²) in [6.07, 6.45) is 1.84. The van der Waals surface area contributed by atoms with Gasteiger partial charge in [-0.2, -0.15) is 6.42 Å². The third kappa shape index (κ3) is 11.8. The molecule has 0 spiro atoms. The monoisotopic (exact) mass is 203 g/mol. The molecule has 0 fully saturated rings. The average molecular weight is 203 g/mol. The molecule has 4 N–H and O–H groups in total. The van der Waals surface area contributed by atoms with Gasteiger partial charge in [0, 0.05) is 6.54 Å². The van der Waals surface area contributed by atoms with Gasteiger partial charge in [0.25, 0.3) is 0 Å². The van der Waals surface area contributed by atoms with Crippen molar-refractivity contribution in [3.05, 3.63) is 6.92 Å². The number of hydrogen-bond donors (Lipinski definition) is 2. The van der Waals surface area contributed by atoms with E-state index in [1.165, 1.54) is 0 Å². The summed E-state index contributed by atoms with van der Waals surface area (Å²) in [4.78, 5) is 3.75. The van der Waals surface area contributed by atoms with E-state index < -0.39 is 0 Å². The Kier molecular flexibility index (Phi) is 11.2. The maximum Gasteiger partial charge on any atom is 3.00 e. The standard InChI is InChI=1S/C5H12N3.Y/c1-2-3-4-8-5(6)7;/h1-4H2,(H4,6,7,8);/q-1;+3. The largest absolute Gasteiger partial charge is 3.00 e. The minimum Gasteiger partial charge on any atom is -0.370 e. The third-order valence-corrected chi connectivity index (χ3v) is 0.702. The number of nitrogens with two attached hydrogens (primary N) is 2. The average Bonchev–Trinajstić information content (AvgIpc) is 1.66. The van der Waals surface area contributed by atoms with Crippen molar-refractivity contribution < 1.29 is 32.7 Å². The third-order valence-electron chi connectivity index (χ3n) is 0.702. The van der Waals surface area contributed by atoms with Gasteiger partial charge in [0.1, 0.15) is 0 Å². The minimum absolute atomic E-state index is 0. The molecule has 0 bridgehead atoms. The second kappa shape index (κ2) is 8.37. The van der Waals surface area contributed by atoms with E-state index in [4.69, 9.17) is 11.5 Å². The molecule has 0 amide bonds. The maximum absolute atomic E-state index is 5.04. The van der Waals surface area contributed by atoms with Crippen molar-refractivity contribution in [1.29, 1.82) is 0 Å². The molecular weight excluding hydrogens is 191 g/mol. The number of nitrogens with zero attached hydrogens (tertiary/aromatic N) is 1. The van der Waals surface area contributed by atoms with Crippen molar-refractivity contribution in [1.82, 2.24) is 0 Å². The second-order valence-electron chi connectivity index (χ2n) is 1.51. The molecular formula is C5H12N3Y+2. The number of guanidine groups is 1. The van der Waals surface area contributed by atoms with E-state index in [1.54, 1.807) is 0 Å². The van der Waals surface area contributed by atoms with Crippen LogP contribution in [0.15, 0.2) is 4.99 Å². The van der Waals surface area contributed by atoms with Gasteiger partial charge in [0.15, 0.2) is 5.96 Å². The van der Waals surface area contributed by atoms with Crippen molar-refractivity contribution in [2.75, 3.05) is 6.54 Å². The zero-order valence-electron chi connectivity index (χ0n) is 5.51. The van der Waals surface area contributed by atoms with Crippen LogP contribution in [0.3, 0.4) is 0 Å². The molecule has 0 heterocycles. The van der Waals surface area contributed by atoms with Crippen LogP contribution in [-0.2, 0) is 32.7 Å². The van der Waals surface area contributed by atoms with Gasteiger partial charge in [0.05, 0.1) is 0 Å². The van der Waals surface area contributed by atoms with Gasteiger partial charge in [-0.15, -0.1) is 0 Å². The van der Waals surface area contributed by atoms with Crippen LogP contribution in [0.2, 0.25) is 0 Å². The Hall–Kier alpha value is 0.374. The van der Waals surface area contributed by atoms with Gasteiger partial charge in [-0.3, -0.25) is 4.99 Å². The molecule has 0 saturated heterocycles. The van der Waals surface area contributed by atoms with Gasteiger partial charge in [-0.1, -0.05) is 6.42 Å². The molecule has 0 aromatic carbocycles. The molecule has 0 aliphatic rings. The van der Waals surface area contributed by atoms with Gasteiger partial charge >= 0.3 is 32.7 Å². The first-order chi connectivity index (χ1) is 3.77. The van der Waals surface area contributed by atoms with Crippen LogP contribution < -0.4 is 11.5 Å². The van der Waals surface area contributed by atoms with Gasteiger partial charge in [0.2, 0.25) is 0 Å². The molecule has 0 unspecified atom stereocenters. The van der Waals surface area contributed by atoms with Crippen LogP contribution >= 0.6 is 0 Å². The number of rotatable bonds is 3. The van der Waals surface area contributed by atoms with E-state index in [0.717, 1.165) is 12.8 Å². The van der Waals surface area contributed by atoms with Crippen LogP contribution in [-0.4, -0.2) is 12.5 Å². The molecule has 0 radical (unpaired) electrons. The number of unbranched alkanes of at least 4 members (excludes halogenated alkanes) is 1. The van der Waals surface area contributed by atoms with Gasteiger partial charge in [-0.25, -0.2) is 0 Å². The molecule has 0 saturated carbocycles. The predicted octanol–water partition coefficient (Wildman–Crippen LogP) is -0.128. The summed E-state index contributed by atoms with van der Waals surface area (Å²) in [6.45, 7) is 4.33. The molecule has 9 heavy (non-hydrogen) atoms. The van der Waals surface area contributed by atoms with E-state index >= 15 is 0 Å². The Morgan fingerprint density at radius 3 is 2.33 bits per heavy atom. The summed E-state index contributed by atoms with van der Waals surface area (Å²) in [7, 11) is 0. The Morgan fingerprint density at radius 1 is 1.44 bits per heavy atom. The van der Waals surface area contributed by atoms with E-state index in [-0.39, 0.29) is 38.7 Å². The predicted molar refractivity (Wildman–Crippen MR) is 35.3 cm³/mol. The molecule has 0 aliphatic carbocycles. The van der Waals surface area contributed by atoms with Crippen molar-refractivity contribution in [3.63, 3.8) is 0 Å². The van der Waals surface area contributed by atoms with Gasteiger partial charge in [-0.05, 0) is 0 Å². The quantitative estimate of drug-likeness (QED) is 0.290. The Bertz CT molecular complexity index is 78.3. The summed E-state index contributed by atoms with van der Waals surface area (Å²) < 4.78 is 0. The van der Waals surface area contributed by atoms with Gasteiger partial charge < -0.3 is 18.4 Å². The molecule has 0 aromatic heterocycles. The number of aliphatic imine (C=N–C) groups is 1. The van der Waals surface area contributed by atoms with Crippen molar-refractivity contribution in [2.24, 2.45) is 16.5 Å². The molecule has 3 nitrogen and oxygen atoms in total. The van der Waals surface area contributed by atoms with E-state index in [2.05, 4.69) is 11.9 Å². The van der Waals surface area contributed by atoms with Crippen LogP contribution in [0.1, 0.15) is 12.8 Å². The minimum atomic E-state index is 0. The Morgan fingerprint density at radius 2 is 2.00 bits per heavy atom. The zero-order valence-corrected chi connectivity index (χ0v) is 8.35. The summed E-state index contributed by atoms with van der Waals surface area (Å²) in [5.41, 5.74) is 10.1. The fourth-order valence-electron chi connectivity index (χ4n) is 0.320. The molecule has 4 heteroatoms. The van der Waals surface area contributed by atoms with E-state index in [9.17, 15) is 0 Å². The summed E-state index contributed by atoms with van der Waals surface area (Å²) >= 11 is 0. The first-order valence-electron chi connectivity index (χ1n) is 2.62. The normalized spacial score (nSPS) is 7.67. The maximum atomic E-state index is 5.04. The summed E-state index contributed by atoms with van der Waals surface area (Å²) in [5, 5.41) is 0. The molecule has 0 atom stereocenters. The van der Waals surface area contributed by atoms with Crippen molar-refractivity contribution in [3.8, 4) is 0 Å². The summed E-state index contributed by atoms with van der Waals surface area (Å²) in [5.74, 6) is 0.165. The second-order valence-corrected chi connectivity index (χ2v) is 1.51. The first kappa shape index (κ1) is 12.1. The topological polar surface area (TPSA) is 64.4 Å². The van der Waals surface area contributed by atoms with Crippen molar-refractivity contribution >= 4 is 5.96 Å². The van der Waals surface area contributed by atoms with Crippen LogP contribution in [0, 0.1) is 6.92 Å². The number of hydrogen-bond acceptors (Lipinski definition) is 1. The molecule has 48 valence electrons. The molecule has 0 rings (SSSR count). The first-order valence-corrected chi connectivity index (χ1v) is 2.62.